The van der Waals surface area contributed by atoms with Gasteiger partial charge in [-0.1, -0.05) is 170 Å². The Hall–Kier alpha value is -8.93. The van der Waals surface area contributed by atoms with E-state index in [1.807, 2.05) is 0 Å². The molecule has 0 atom stereocenters. The Morgan fingerprint density at radius 3 is 1.58 bits per heavy atom. The topological polar surface area (TPSA) is 48.5 Å². The second-order valence-electron chi connectivity index (χ2n) is 17.2. The van der Waals surface area contributed by atoms with Gasteiger partial charge in [-0.05, 0) is 92.3 Å². The van der Waals surface area contributed by atoms with Crippen LogP contribution in [0.2, 0.25) is 0 Å². The van der Waals surface area contributed by atoms with Gasteiger partial charge in [0, 0.05) is 49.3 Å². The summed E-state index contributed by atoms with van der Waals surface area (Å²) in [5.74, 6) is 1.90. The molecule has 0 aliphatic rings. The maximum Gasteiger partial charge on any atom is 0.164 e. The third kappa shape index (κ3) is 5.57. The molecule has 0 radical (unpaired) electrons. The number of rotatable bonds is 5. The van der Waals surface area contributed by atoms with Crippen LogP contribution < -0.4 is 0 Å². The van der Waals surface area contributed by atoms with Crippen LogP contribution in [0.25, 0.3) is 132 Å². The molecule has 5 nitrogen and oxygen atoms in total. The Bertz CT molecular complexity index is 4200. The van der Waals surface area contributed by atoms with Gasteiger partial charge in [-0.3, -0.25) is 0 Å². The zero-order valence-electron chi connectivity index (χ0n) is 35.6. The molecule has 0 aliphatic heterocycles. The van der Waals surface area contributed by atoms with Crippen LogP contribution in [0.3, 0.4) is 0 Å². The zero-order valence-corrected chi connectivity index (χ0v) is 35.6. The SMILES string of the molecule is c1ccc(-n2c3cc4c(cc3c3c5ccccc5ccc32)c2ccccc2n4-c2cccc3c(-c4nc(-c5ccc6ccccc6c5)nc(-c5ccc6ccccc6c5)n4)cccc23)cc1. The number of para-hydroxylation sites is 2. The van der Waals surface area contributed by atoms with Gasteiger partial charge in [0.25, 0.3) is 0 Å². The first kappa shape index (κ1) is 36.5. The van der Waals surface area contributed by atoms with Crippen molar-refractivity contribution < 1.29 is 0 Å². The van der Waals surface area contributed by atoms with Crippen LogP contribution in [-0.4, -0.2) is 24.1 Å². The van der Waals surface area contributed by atoms with Gasteiger partial charge in [0.2, 0.25) is 0 Å². The molecule has 14 rings (SSSR count). The molecule has 11 aromatic carbocycles. The zero-order chi connectivity index (χ0) is 43.3. The van der Waals surface area contributed by atoms with Crippen LogP contribution in [0.5, 0.6) is 0 Å². The van der Waals surface area contributed by atoms with E-state index >= 15 is 0 Å². The van der Waals surface area contributed by atoms with Crippen molar-refractivity contribution in [3.8, 4) is 45.5 Å². The van der Waals surface area contributed by atoms with Gasteiger partial charge in [-0.15, -0.1) is 0 Å². The molecule has 0 fully saturated rings. The van der Waals surface area contributed by atoms with E-state index in [2.05, 4.69) is 234 Å². The van der Waals surface area contributed by atoms with Crippen LogP contribution in [0.4, 0.5) is 0 Å². The predicted octanol–water partition coefficient (Wildman–Crippen LogP) is 15.7. The molecule has 14 aromatic rings. The average Bonchev–Trinajstić information content (AvgIpc) is 3.89. The lowest BCUT2D eigenvalue weighted by atomic mass is 10.0. The van der Waals surface area contributed by atoms with E-state index in [0.29, 0.717) is 17.5 Å². The molecule has 306 valence electrons. The summed E-state index contributed by atoms with van der Waals surface area (Å²) in [4.78, 5) is 15.8. The Balaban J connectivity index is 1.02. The third-order valence-corrected chi connectivity index (χ3v) is 13.5. The quantitative estimate of drug-likeness (QED) is 0.173. The van der Waals surface area contributed by atoms with E-state index in [0.717, 1.165) is 66.2 Å². The first-order chi connectivity index (χ1) is 32.7. The largest absolute Gasteiger partial charge is 0.309 e. The molecule has 0 bridgehead atoms. The summed E-state index contributed by atoms with van der Waals surface area (Å²) in [6.45, 7) is 0. The Kier molecular flexibility index (Phi) is 7.91. The number of hydrogen-bond acceptors (Lipinski definition) is 3. The Labute approximate surface area is 379 Å². The summed E-state index contributed by atoms with van der Waals surface area (Å²) >= 11 is 0. The lowest BCUT2D eigenvalue weighted by Crippen LogP contribution is -2.01. The van der Waals surface area contributed by atoms with Crippen molar-refractivity contribution in [1.29, 1.82) is 0 Å². The number of benzene rings is 11. The minimum atomic E-state index is 0.627. The predicted molar refractivity (Wildman–Crippen MR) is 275 cm³/mol. The second-order valence-corrected chi connectivity index (χ2v) is 17.2. The molecule has 0 amide bonds. The maximum atomic E-state index is 5.29. The molecule has 0 aliphatic carbocycles. The van der Waals surface area contributed by atoms with E-state index in [1.165, 1.54) is 48.6 Å². The van der Waals surface area contributed by atoms with E-state index in [4.69, 9.17) is 15.0 Å². The molecule has 3 aromatic heterocycles. The molecule has 0 saturated carbocycles. The minimum absolute atomic E-state index is 0.627. The molecule has 0 saturated heterocycles. The molecular weight excluding hydrogens is 803 g/mol. The first-order valence-electron chi connectivity index (χ1n) is 22.4. The molecule has 0 unspecified atom stereocenters. The highest BCUT2D eigenvalue weighted by atomic mass is 15.0. The van der Waals surface area contributed by atoms with Crippen molar-refractivity contribution in [2.45, 2.75) is 0 Å². The normalized spacial score (nSPS) is 11.9. The van der Waals surface area contributed by atoms with Crippen LogP contribution >= 0.6 is 0 Å². The van der Waals surface area contributed by atoms with Gasteiger partial charge >= 0.3 is 0 Å². The average molecular weight is 840 g/mol. The van der Waals surface area contributed by atoms with Crippen molar-refractivity contribution in [2.75, 3.05) is 0 Å². The summed E-state index contributed by atoms with van der Waals surface area (Å²) in [6, 6.07) is 80.5. The maximum absolute atomic E-state index is 5.29. The standard InChI is InChI=1S/C61H37N5/c1-2-19-45(20-3-1)65-55-33-32-40-16-8-9-21-46(40)58(55)52-36-51-49-22-10-11-26-53(49)66(56(51)37-57(52)65)54-27-13-23-47-48(54)24-12-25-50(47)61-63-59(43-30-28-38-14-4-6-17-41(38)34-43)62-60(64-61)44-31-29-39-15-5-7-18-42(39)35-44/h1-37H. The van der Waals surface area contributed by atoms with Gasteiger partial charge in [0.15, 0.2) is 17.5 Å². The van der Waals surface area contributed by atoms with E-state index in [1.54, 1.807) is 0 Å². The summed E-state index contributed by atoms with van der Waals surface area (Å²) in [6.07, 6.45) is 0. The molecule has 0 N–H and O–H groups in total. The van der Waals surface area contributed by atoms with Crippen LogP contribution in [0.15, 0.2) is 224 Å². The summed E-state index contributed by atoms with van der Waals surface area (Å²) < 4.78 is 4.89. The van der Waals surface area contributed by atoms with Gasteiger partial charge < -0.3 is 9.13 Å². The smallest absolute Gasteiger partial charge is 0.164 e. The van der Waals surface area contributed by atoms with Crippen molar-refractivity contribution in [1.82, 2.24) is 24.1 Å². The van der Waals surface area contributed by atoms with E-state index < -0.39 is 0 Å². The lowest BCUT2D eigenvalue weighted by molar-refractivity contribution is 1.08. The van der Waals surface area contributed by atoms with Crippen molar-refractivity contribution in [3.63, 3.8) is 0 Å². The van der Waals surface area contributed by atoms with Gasteiger partial charge in [0.05, 0.1) is 27.8 Å². The van der Waals surface area contributed by atoms with E-state index in [9.17, 15) is 0 Å². The van der Waals surface area contributed by atoms with Crippen molar-refractivity contribution in [3.05, 3.63) is 224 Å². The highest BCUT2D eigenvalue weighted by Gasteiger charge is 2.22. The second kappa shape index (κ2) is 14.3. The molecule has 66 heavy (non-hydrogen) atoms. The van der Waals surface area contributed by atoms with Crippen LogP contribution in [0, 0.1) is 0 Å². The van der Waals surface area contributed by atoms with Crippen LogP contribution in [-0.2, 0) is 0 Å². The summed E-state index contributed by atoms with van der Waals surface area (Å²) in [5.41, 5.74) is 9.70. The molecular formula is C61H37N5. The Morgan fingerprint density at radius 1 is 0.273 bits per heavy atom. The minimum Gasteiger partial charge on any atom is -0.309 e. The van der Waals surface area contributed by atoms with Crippen molar-refractivity contribution in [2.24, 2.45) is 0 Å². The summed E-state index contributed by atoms with van der Waals surface area (Å²) in [7, 11) is 0. The highest BCUT2D eigenvalue weighted by molar-refractivity contribution is 6.25. The number of nitrogens with zero attached hydrogens (tertiary/aromatic N) is 5. The summed E-state index contributed by atoms with van der Waals surface area (Å²) in [5, 5.41) is 14.2. The molecule has 3 heterocycles. The fourth-order valence-electron chi connectivity index (χ4n) is 10.5. The number of fused-ring (bicyclic) bond motifs is 11. The number of aromatic nitrogens is 5. The molecule has 0 spiro atoms. The van der Waals surface area contributed by atoms with Crippen LogP contribution in [0.1, 0.15) is 0 Å². The highest BCUT2D eigenvalue weighted by Crippen LogP contribution is 2.43. The molecule has 5 heteroatoms. The fourth-order valence-corrected chi connectivity index (χ4v) is 10.5. The lowest BCUT2D eigenvalue weighted by Gasteiger charge is -2.15. The Morgan fingerprint density at radius 2 is 0.833 bits per heavy atom. The monoisotopic (exact) mass is 839 g/mol. The van der Waals surface area contributed by atoms with Gasteiger partial charge in [-0.25, -0.2) is 15.0 Å². The van der Waals surface area contributed by atoms with E-state index in [-0.39, 0.29) is 0 Å². The van der Waals surface area contributed by atoms with Gasteiger partial charge in [0.1, 0.15) is 0 Å². The van der Waals surface area contributed by atoms with Gasteiger partial charge in [-0.2, -0.15) is 0 Å². The third-order valence-electron chi connectivity index (χ3n) is 13.5. The number of hydrogen-bond donors (Lipinski definition) is 0. The van der Waals surface area contributed by atoms with Crippen molar-refractivity contribution >= 4 is 86.7 Å². The fraction of sp³-hybridized carbons (Fsp3) is 0. The first-order valence-corrected chi connectivity index (χ1v) is 22.4.